The molecule has 0 aliphatic rings. The van der Waals surface area contributed by atoms with E-state index in [4.69, 9.17) is 10.5 Å². The largest absolute Gasteiger partial charge is 0.497 e. The number of H-pyrrole nitrogens is 1. The van der Waals surface area contributed by atoms with Crippen LogP contribution in [0.25, 0.3) is 11.0 Å². The third kappa shape index (κ3) is 3.97. The fraction of sp³-hybridized carbons (Fsp3) is 0.167. The molecule has 1 aromatic heterocycles. The Morgan fingerprint density at radius 1 is 1.23 bits per heavy atom. The first-order chi connectivity index (χ1) is 12.5. The van der Waals surface area contributed by atoms with Gasteiger partial charge >= 0.3 is 0 Å². The summed E-state index contributed by atoms with van der Waals surface area (Å²) in [7, 11) is 1.61. The average molecular weight is 370 g/mol. The van der Waals surface area contributed by atoms with Crippen LogP contribution in [-0.4, -0.2) is 34.1 Å². The van der Waals surface area contributed by atoms with Gasteiger partial charge in [-0.2, -0.15) is 0 Å². The van der Waals surface area contributed by atoms with Crippen molar-refractivity contribution in [2.75, 3.05) is 12.4 Å². The zero-order valence-corrected chi connectivity index (χ0v) is 15.1. The number of aromatic nitrogens is 2. The van der Waals surface area contributed by atoms with Gasteiger partial charge in [0.05, 0.1) is 23.4 Å². The van der Waals surface area contributed by atoms with Gasteiger partial charge in [-0.3, -0.25) is 9.59 Å². The van der Waals surface area contributed by atoms with Crippen LogP contribution in [0.15, 0.2) is 47.6 Å². The van der Waals surface area contributed by atoms with Crippen molar-refractivity contribution in [3.8, 4) is 5.75 Å². The van der Waals surface area contributed by atoms with Crippen LogP contribution in [0.5, 0.6) is 5.75 Å². The van der Waals surface area contributed by atoms with Gasteiger partial charge in [-0.25, -0.2) is 4.98 Å². The van der Waals surface area contributed by atoms with E-state index in [9.17, 15) is 9.59 Å². The van der Waals surface area contributed by atoms with Crippen molar-refractivity contribution in [2.24, 2.45) is 5.73 Å². The van der Waals surface area contributed by atoms with E-state index in [0.717, 1.165) is 16.8 Å². The number of ether oxygens (including phenoxy) is 1. The fourth-order valence-electron chi connectivity index (χ4n) is 2.33. The smallest absolute Gasteiger partial charge is 0.248 e. The van der Waals surface area contributed by atoms with Gasteiger partial charge in [0.1, 0.15) is 5.75 Å². The highest BCUT2D eigenvalue weighted by Gasteiger charge is 2.17. The number of imidazole rings is 1. The van der Waals surface area contributed by atoms with Crippen LogP contribution in [0.4, 0.5) is 5.69 Å². The van der Waals surface area contributed by atoms with Crippen LogP contribution in [0.2, 0.25) is 0 Å². The number of fused-ring (bicyclic) bond motifs is 1. The van der Waals surface area contributed by atoms with Crippen LogP contribution in [-0.2, 0) is 4.79 Å². The number of carbonyl (C=O) groups is 2. The second kappa shape index (κ2) is 7.49. The maximum Gasteiger partial charge on any atom is 0.248 e. The molecule has 8 heteroatoms. The summed E-state index contributed by atoms with van der Waals surface area (Å²) in [5.41, 5.74) is 7.85. The van der Waals surface area contributed by atoms with E-state index in [-0.39, 0.29) is 11.2 Å². The maximum atomic E-state index is 12.4. The van der Waals surface area contributed by atoms with Crippen LogP contribution in [0.3, 0.4) is 0 Å². The molecule has 0 spiro atoms. The lowest BCUT2D eigenvalue weighted by Crippen LogP contribution is -2.22. The number of nitrogens with one attached hydrogen (secondary N) is 2. The number of nitrogens with zero attached hydrogens (tertiary/aromatic N) is 1. The number of primary amides is 1. The molecule has 1 unspecified atom stereocenters. The zero-order chi connectivity index (χ0) is 18.7. The van der Waals surface area contributed by atoms with Crippen LogP contribution >= 0.6 is 11.8 Å². The van der Waals surface area contributed by atoms with Gasteiger partial charge in [0, 0.05) is 17.3 Å². The predicted molar refractivity (Wildman–Crippen MR) is 102 cm³/mol. The number of hydrogen-bond acceptors (Lipinski definition) is 5. The highest BCUT2D eigenvalue weighted by Crippen LogP contribution is 2.26. The first kappa shape index (κ1) is 17.8. The molecule has 3 aromatic rings. The Morgan fingerprint density at radius 3 is 2.62 bits per heavy atom. The summed E-state index contributed by atoms with van der Waals surface area (Å²) in [5.74, 6) is 0.0658. The molecular formula is C18H18N4O3S. The van der Waals surface area contributed by atoms with Gasteiger partial charge in [0.25, 0.3) is 0 Å². The van der Waals surface area contributed by atoms with Crippen LogP contribution in [0, 0.1) is 0 Å². The first-order valence-electron chi connectivity index (χ1n) is 7.87. The predicted octanol–water partition coefficient (Wildman–Crippen LogP) is 2.79. The maximum absolute atomic E-state index is 12.4. The summed E-state index contributed by atoms with van der Waals surface area (Å²) in [6, 6.07) is 12.0. The standard InChI is InChI=1S/C18H18N4O3S/c1-10(17(24)20-12-5-3-11(4-6-12)16(19)23)26-18-21-14-8-7-13(25-2)9-15(14)22-18/h3-10H,1-2H3,(H2,19,23)(H,20,24)(H,21,22). The van der Waals surface area contributed by atoms with E-state index < -0.39 is 5.91 Å². The number of thioether (sulfide) groups is 1. The van der Waals surface area contributed by atoms with Gasteiger partial charge in [0.2, 0.25) is 11.8 Å². The Morgan fingerprint density at radius 2 is 1.96 bits per heavy atom. The molecule has 7 nitrogen and oxygen atoms in total. The molecule has 0 bridgehead atoms. The van der Waals surface area contributed by atoms with Crippen molar-refractivity contribution in [1.29, 1.82) is 0 Å². The Balaban J connectivity index is 1.66. The summed E-state index contributed by atoms with van der Waals surface area (Å²) in [6.45, 7) is 1.80. The second-order valence-corrected chi connectivity index (χ2v) is 6.95. The minimum Gasteiger partial charge on any atom is -0.497 e. The molecule has 1 heterocycles. The molecule has 2 amide bonds. The van der Waals surface area contributed by atoms with Crippen molar-refractivity contribution >= 4 is 40.3 Å². The van der Waals surface area contributed by atoms with Crippen LogP contribution in [0.1, 0.15) is 17.3 Å². The number of amides is 2. The molecule has 134 valence electrons. The molecule has 4 N–H and O–H groups in total. The Hall–Kier alpha value is -3.00. The lowest BCUT2D eigenvalue weighted by atomic mass is 10.2. The van der Waals surface area contributed by atoms with E-state index in [0.29, 0.717) is 16.4 Å². The van der Waals surface area contributed by atoms with E-state index in [1.165, 1.54) is 11.8 Å². The number of nitrogens with two attached hydrogens (primary N) is 1. The van der Waals surface area contributed by atoms with Gasteiger partial charge in [-0.05, 0) is 43.3 Å². The molecule has 1 atom stereocenters. The number of rotatable bonds is 6. The lowest BCUT2D eigenvalue weighted by molar-refractivity contribution is -0.115. The highest BCUT2D eigenvalue weighted by atomic mass is 32.2. The van der Waals surface area contributed by atoms with Crippen LogP contribution < -0.4 is 15.8 Å². The molecule has 0 fully saturated rings. The minimum absolute atomic E-state index is 0.167. The Bertz CT molecular complexity index is 953. The monoisotopic (exact) mass is 370 g/mol. The molecule has 26 heavy (non-hydrogen) atoms. The normalized spacial score (nSPS) is 11.9. The molecule has 0 aliphatic heterocycles. The summed E-state index contributed by atoms with van der Waals surface area (Å²) >= 11 is 1.32. The first-order valence-corrected chi connectivity index (χ1v) is 8.75. The Kier molecular flexibility index (Phi) is 5.13. The lowest BCUT2D eigenvalue weighted by Gasteiger charge is -2.10. The average Bonchev–Trinajstić information content (AvgIpc) is 3.03. The second-order valence-electron chi connectivity index (χ2n) is 5.62. The number of anilines is 1. The molecule has 0 saturated carbocycles. The van der Waals surface area contributed by atoms with Gasteiger partial charge in [-0.15, -0.1) is 0 Å². The molecule has 0 saturated heterocycles. The number of carbonyl (C=O) groups excluding carboxylic acids is 2. The van der Waals surface area contributed by atoms with Crippen molar-refractivity contribution in [3.05, 3.63) is 48.0 Å². The quantitative estimate of drug-likeness (QED) is 0.578. The summed E-state index contributed by atoms with van der Waals surface area (Å²) in [6.07, 6.45) is 0. The van der Waals surface area contributed by atoms with E-state index in [1.54, 1.807) is 38.3 Å². The number of methoxy groups -OCH3 is 1. The summed E-state index contributed by atoms with van der Waals surface area (Å²) in [5, 5.41) is 3.09. The number of benzene rings is 2. The zero-order valence-electron chi connectivity index (χ0n) is 14.3. The Labute approximate surface area is 154 Å². The minimum atomic E-state index is -0.506. The number of aromatic amines is 1. The molecule has 2 aromatic carbocycles. The summed E-state index contributed by atoms with van der Waals surface area (Å²) < 4.78 is 5.19. The van der Waals surface area contributed by atoms with Crippen molar-refractivity contribution < 1.29 is 14.3 Å². The summed E-state index contributed by atoms with van der Waals surface area (Å²) in [4.78, 5) is 31.1. The molecule has 0 radical (unpaired) electrons. The number of hydrogen-bond donors (Lipinski definition) is 3. The van der Waals surface area contributed by atoms with Gasteiger partial charge < -0.3 is 20.8 Å². The SMILES string of the molecule is COc1ccc2nc(SC(C)C(=O)Nc3ccc(C(N)=O)cc3)[nH]c2c1. The van der Waals surface area contributed by atoms with Crippen molar-refractivity contribution in [3.63, 3.8) is 0 Å². The molecular weight excluding hydrogens is 352 g/mol. The van der Waals surface area contributed by atoms with Gasteiger partial charge in [-0.1, -0.05) is 11.8 Å². The molecule has 3 rings (SSSR count). The van der Waals surface area contributed by atoms with Gasteiger partial charge in [0.15, 0.2) is 5.16 Å². The third-order valence-electron chi connectivity index (χ3n) is 3.76. The molecule has 0 aliphatic carbocycles. The highest BCUT2D eigenvalue weighted by molar-refractivity contribution is 8.00. The topological polar surface area (TPSA) is 110 Å². The van der Waals surface area contributed by atoms with Crippen molar-refractivity contribution in [2.45, 2.75) is 17.3 Å². The van der Waals surface area contributed by atoms with E-state index in [1.807, 2.05) is 18.2 Å². The fourth-order valence-corrected chi connectivity index (χ4v) is 3.15. The van der Waals surface area contributed by atoms with E-state index >= 15 is 0 Å². The third-order valence-corrected chi connectivity index (χ3v) is 4.75. The van der Waals surface area contributed by atoms with Crippen molar-refractivity contribution in [1.82, 2.24) is 9.97 Å². The van der Waals surface area contributed by atoms with E-state index in [2.05, 4.69) is 15.3 Å².